The zero-order valence-electron chi connectivity index (χ0n) is 10.4. The Morgan fingerprint density at radius 1 is 1.40 bits per heavy atom. The van der Waals surface area contributed by atoms with E-state index >= 15 is 0 Å². The van der Waals surface area contributed by atoms with Gasteiger partial charge >= 0.3 is 6.16 Å². The minimum atomic E-state index is -1.61. The molecule has 1 heterocycles. The van der Waals surface area contributed by atoms with E-state index in [1.54, 1.807) is 24.3 Å². The van der Waals surface area contributed by atoms with E-state index in [0.29, 0.717) is 5.56 Å². The van der Waals surface area contributed by atoms with Crippen molar-refractivity contribution in [1.29, 1.82) is 0 Å². The van der Waals surface area contributed by atoms with Crippen molar-refractivity contribution in [1.82, 2.24) is 4.98 Å². The first-order chi connectivity index (χ1) is 9.40. The van der Waals surface area contributed by atoms with Gasteiger partial charge in [-0.15, -0.1) is 0 Å². The van der Waals surface area contributed by atoms with Crippen molar-refractivity contribution in [3.8, 4) is 17.1 Å². The van der Waals surface area contributed by atoms with Crippen molar-refractivity contribution in [2.75, 3.05) is 5.73 Å². The van der Waals surface area contributed by atoms with Gasteiger partial charge in [0.25, 0.3) is 0 Å². The van der Waals surface area contributed by atoms with Crippen LogP contribution in [0.1, 0.15) is 5.56 Å². The Kier molecular flexibility index (Phi) is 3.76. The Labute approximate surface area is 118 Å². The standard InChI is InChI=1S/C13H10ClFN2O3/c1-6-2-4-7(5-3-6)11-9(15)10(16)8(14)12(17-11)20-13(18)19/h2-5H,1H3,(H2,16,17)(H,18,19). The summed E-state index contributed by atoms with van der Waals surface area (Å²) in [7, 11) is 0. The molecular weight excluding hydrogens is 287 g/mol. The van der Waals surface area contributed by atoms with Crippen molar-refractivity contribution in [3.63, 3.8) is 0 Å². The lowest BCUT2D eigenvalue weighted by Gasteiger charge is -2.10. The second-order valence-corrected chi connectivity index (χ2v) is 4.42. The number of ether oxygens (including phenoxy) is 1. The number of nitrogen functional groups attached to an aromatic ring is 1. The number of nitrogens with two attached hydrogens (primary N) is 1. The second-order valence-electron chi connectivity index (χ2n) is 4.04. The Balaban J connectivity index is 2.60. The molecule has 0 saturated carbocycles. The Morgan fingerprint density at radius 2 is 2.00 bits per heavy atom. The molecule has 20 heavy (non-hydrogen) atoms. The van der Waals surface area contributed by atoms with Crippen LogP contribution in [-0.2, 0) is 0 Å². The van der Waals surface area contributed by atoms with Gasteiger partial charge in [-0.25, -0.2) is 14.2 Å². The molecule has 5 nitrogen and oxygen atoms in total. The van der Waals surface area contributed by atoms with Crippen LogP contribution in [0.25, 0.3) is 11.3 Å². The van der Waals surface area contributed by atoms with Gasteiger partial charge < -0.3 is 15.6 Å². The van der Waals surface area contributed by atoms with Crippen molar-refractivity contribution in [3.05, 3.63) is 40.7 Å². The first-order valence-electron chi connectivity index (χ1n) is 5.52. The number of halogens is 2. The minimum absolute atomic E-state index is 0.122. The second kappa shape index (κ2) is 5.34. The number of hydrogen-bond acceptors (Lipinski definition) is 4. The maximum atomic E-state index is 14.1. The molecule has 0 aliphatic heterocycles. The first kappa shape index (κ1) is 14.1. The number of pyridine rings is 1. The molecule has 104 valence electrons. The highest BCUT2D eigenvalue weighted by Crippen LogP contribution is 2.36. The molecule has 0 atom stereocenters. The summed E-state index contributed by atoms with van der Waals surface area (Å²) < 4.78 is 18.5. The van der Waals surface area contributed by atoms with Crippen molar-refractivity contribution in [2.24, 2.45) is 0 Å². The number of benzene rings is 1. The molecule has 0 fully saturated rings. The van der Waals surface area contributed by atoms with Gasteiger partial charge in [0, 0.05) is 5.56 Å². The van der Waals surface area contributed by atoms with E-state index in [0.717, 1.165) is 5.56 Å². The number of aromatic nitrogens is 1. The smallest absolute Gasteiger partial charge is 0.449 e. The quantitative estimate of drug-likeness (QED) is 0.829. The predicted molar refractivity (Wildman–Crippen MR) is 72.4 cm³/mol. The SMILES string of the molecule is Cc1ccc(-c2nc(OC(=O)O)c(Cl)c(N)c2F)cc1. The summed E-state index contributed by atoms with van der Waals surface area (Å²) in [6.07, 6.45) is -1.61. The summed E-state index contributed by atoms with van der Waals surface area (Å²) in [5, 5.41) is 8.22. The van der Waals surface area contributed by atoms with Crippen LogP contribution in [-0.4, -0.2) is 16.2 Å². The molecule has 0 radical (unpaired) electrons. The molecule has 0 aliphatic rings. The maximum absolute atomic E-state index is 14.1. The molecular formula is C13H10ClFN2O3. The van der Waals surface area contributed by atoms with Crippen LogP contribution in [0, 0.1) is 12.7 Å². The highest BCUT2D eigenvalue weighted by atomic mass is 35.5. The highest BCUT2D eigenvalue weighted by molar-refractivity contribution is 6.34. The van der Waals surface area contributed by atoms with Crippen LogP contribution < -0.4 is 10.5 Å². The number of hydrogen-bond donors (Lipinski definition) is 2. The lowest BCUT2D eigenvalue weighted by atomic mass is 10.1. The molecule has 0 unspecified atom stereocenters. The summed E-state index contributed by atoms with van der Waals surface area (Å²) in [5.74, 6) is -1.27. The monoisotopic (exact) mass is 296 g/mol. The molecule has 0 saturated heterocycles. The Morgan fingerprint density at radius 3 is 2.55 bits per heavy atom. The van der Waals surface area contributed by atoms with Crippen LogP contribution >= 0.6 is 11.6 Å². The predicted octanol–water partition coefficient (Wildman–Crippen LogP) is 3.49. The van der Waals surface area contributed by atoms with Crippen molar-refractivity contribution < 1.29 is 19.0 Å². The normalized spacial score (nSPS) is 10.3. The van der Waals surface area contributed by atoms with Gasteiger partial charge in [0.2, 0.25) is 5.88 Å². The van der Waals surface area contributed by atoms with Crippen molar-refractivity contribution in [2.45, 2.75) is 6.92 Å². The van der Waals surface area contributed by atoms with E-state index in [9.17, 15) is 9.18 Å². The van der Waals surface area contributed by atoms with E-state index in [1.807, 2.05) is 6.92 Å². The van der Waals surface area contributed by atoms with Gasteiger partial charge in [-0.1, -0.05) is 41.4 Å². The first-order valence-corrected chi connectivity index (χ1v) is 5.90. The molecule has 1 aromatic carbocycles. The summed E-state index contributed by atoms with van der Waals surface area (Å²) in [5.41, 5.74) is 6.40. The number of carboxylic acid groups (broad SMARTS) is 1. The molecule has 0 aliphatic carbocycles. The molecule has 0 bridgehead atoms. The fourth-order valence-electron chi connectivity index (χ4n) is 1.59. The summed E-state index contributed by atoms with van der Waals surface area (Å²) in [6.45, 7) is 1.88. The third kappa shape index (κ3) is 2.65. The summed E-state index contributed by atoms with van der Waals surface area (Å²) in [6, 6.07) is 6.80. The molecule has 0 spiro atoms. The molecule has 1 aromatic heterocycles. The van der Waals surface area contributed by atoms with Gasteiger partial charge in [0.1, 0.15) is 10.7 Å². The van der Waals surface area contributed by atoms with Gasteiger partial charge in [0.05, 0.1) is 5.69 Å². The van der Waals surface area contributed by atoms with E-state index < -0.39 is 23.5 Å². The van der Waals surface area contributed by atoms with Gasteiger partial charge in [-0.05, 0) is 6.92 Å². The number of anilines is 1. The Bertz CT molecular complexity index is 674. The molecule has 3 N–H and O–H groups in total. The van der Waals surface area contributed by atoms with E-state index in [-0.39, 0.29) is 10.7 Å². The highest BCUT2D eigenvalue weighted by Gasteiger charge is 2.20. The molecule has 0 amide bonds. The fourth-order valence-corrected chi connectivity index (χ4v) is 1.76. The van der Waals surface area contributed by atoms with Gasteiger partial charge in [0.15, 0.2) is 5.82 Å². The van der Waals surface area contributed by atoms with Gasteiger partial charge in [-0.2, -0.15) is 0 Å². The molecule has 2 rings (SSSR count). The zero-order chi connectivity index (χ0) is 14.9. The molecule has 7 heteroatoms. The minimum Gasteiger partial charge on any atom is -0.449 e. The van der Waals surface area contributed by atoms with Crippen molar-refractivity contribution >= 4 is 23.4 Å². The third-order valence-electron chi connectivity index (χ3n) is 2.59. The van der Waals surface area contributed by atoms with Gasteiger partial charge in [-0.3, -0.25) is 0 Å². The maximum Gasteiger partial charge on any atom is 0.512 e. The fraction of sp³-hybridized carbons (Fsp3) is 0.0769. The van der Waals surface area contributed by atoms with E-state index in [4.69, 9.17) is 22.4 Å². The third-order valence-corrected chi connectivity index (χ3v) is 2.96. The number of rotatable bonds is 2. The van der Waals surface area contributed by atoms with Crippen LogP contribution in [0.2, 0.25) is 5.02 Å². The van der Waals surface area contributed by atoms with E-state index in [1.165, 1.54) is 0 Å². The average molecular weight is 297 g/mol. The average Bonchev–Trinajstić information content (AvgIpc) is 2.40. The van der Waals surface area contributed by atoms with E-state index in [2.05, 4.69) is 9.72 Å². The Hall–Kier alpha value is -2.34. The number of nitrogens with zero attached hydrogens (tertiary/aromatic N) is 1. The van der Waals surface area contributed by atoms with Crippen LogP contribution in [0.3, 0.4) is 0 Å². The zero-order valence-corrected chi connectivity index (χ0v) is 11.1. The summed E-state index contributed by atoms with van der Waals surface area (Å²) in [4.78, 5) is 14.3. The van der Waals surface area contributed by atoms with Crippen LogP contribution in [0.4, 0.5) is 14.9 Å². The lowest BCUT2D eigenvalue weighted by molar-refractivity contribution is 0.142. The number of carbonyl (C=O) groups is 1. The largest absolute Gasteiger partial charge is 0.512 e. The topological polar surface area (TPSA) is 85.4 Å². The van der Waals surface area contributed by atoms with Crippen LogP contribution in [0.15, 0.2) is 24.3 Å². The van der Waals surface area contributed by atoms with Crippen LogP contribution in [0.5, 0.6) is 5.88 Å². The molecule has 2 aromatic rings. The number of aryl methyl sites for hydroxylation is 1. The summed E-state index contributed by atoms with van der Waals surface area (Å²) >= 11 is 5.71. The lowest BCUT2D eigenvalue weighted by Crippen LogP contribution is -2.08.